The molecule has 7 nitrogen and oxygen atoms in total. The van der Waals surface area contributed by atoms with E-state index in [1.807, 2.05) is 13.8 Å². The molecule has 1 aromatic heterocycles. The number of anilines is 1. The number of imide groups is 1. The molecule has 2 heterocycles. The van der Waals surface area contributed by atoms with Crippen LogP contribution in [0.25, 0.3) is 0 Å². The van der Waals surface area contributed by atoms with Gasteiger partial charge in [-0.15, -0.1) is 10.2 Å². The molecule has 1 aliphatic carbocycles. The zero-order chi connectivity index (χ0) is 17.3. The van der Waals surface area contributed by atoms with Crippen LogP contribution >= 0.6 is 11.3 Å². The first-order valence-electron chi connectivity index (χ1n) is 8.46. The van der Waals surface area contributed by atoms with Gasteiger partial charge >= 0.3 is 0 Å². The molecule has 0 unspecified atom stereocenters. The largest absolute Gasteiger partial charge is 0.300 e. The number of carbonyl (C=O) groups excluding carboxylic acids is 3. The molecule has 3 rings (SSSR count). The van der Waals surface area contributed by atoms with Crippen molar-refractivity contribution < 1.29 is 14.4 Å². The first kappa shape index (κ1) is 17.0. The molecule has 0 spiro atoms. The van der Waals surface area contributed by atoms with E-state index in [-0.39, 0.29) is 48.4 Å². The number of nitrogens with zero attached hydrogens (tertiary/aromatic N) is 3. The molecule has 130 valence electrons. The summed E-state index contributed by atoms with van der Waals surface area (Å²) >= 11 is 1.34. The lowest BCUT2D eigenvalue weighted by Gasteiger charge is -2.19. The van der Waals surface area contributed by atoms with Crippen LogP contribution in [-0.2, 0) is 14.4 Å². The minimum absolute atomic E-state index is 0.0908. The van der Waals surface area contributed by atoms with E-state index in [4.69, 9.17) is 0 Å². The van der Waals surface area contributed by atoms with Crippen LogP contribution in [0, 0.1) is 11.8 Å². The van der Waals surface area contributed by atoms with Crippen LogP contribution in [0.4, 0.5) is 5.13 Å². The highest BCUT2D eigenvalue weighted by molar-refractivity contribution is 7.15. The number of aromatic nitrogens is 2. The van der Waals surface area contributed by atoms with Gasteiger partial charge in [0, 0.05) is 18.9 Å². The van der Waals surface area contributed by atoms with E-state index in [0.29, 0.717) is 5.13 Å². The molecule has 1 saturated heterocycles. The number of hydrogen-bond acceptors (Lipinski definition) is 6. The molecule has 3 amide bonds. The number of amides is 3. The molecule has 24 heavy (non-hydrogen) atoms. The van der Waals surface area contributed by atoms with E-state index in [1.54, 1.807) is 0 Å². The molecule has 0 aromatic carbocycles. The lowest BCUT2D eigenvalue weighted by Crippen LogP contribution is -2.34. The summed E-state index contributed by atoms with van der Waals surface area (Å²) in [5, 5.41) is 12.0. The van der Waals surface area contributed by atoms with E-state index < -0.39 is 0 Å². The van der Waals surface area contributed by atoms with Gasteiger partial charge in [0.05, 0.1) is 11.8 Å². The van der Waals surface area contributed by atoms with Gasteiger partial charge in [0.15, 0.2) is 0 Å². The number of rotatable bonds is 5. The van der Waals surface area contributed by atoms with Crippen LogP contribution in [0.15, 0.2) is 0 Å². The van der Waals surface area contributed by atoms with Crippen molar-refractivity contribution in [3.05, 3.63) is 5.01 Å². The average molecular weight is 350 g/mol. The Balaban J connectivity index is 1.54. The number of fused-ring (bicyclic) bond motifs is 1. The molecule has 2 fully saturated rings. The second kappa shape index (κ2) is 6.96. The summed E-state index contributed by atoms with van der Waals surface area (Å²) in [6, 6.07) is 0. The van der Waals surface area contributed by atoms with Crippen molar-refractivity contribution in [1.29, 1.82) is 0 Å². The summed E-state index contributed by atoms with van der Waals surface area (Å²) in [6.45, 7) is 4.17. The van der Waals surface area contributed by atoms with Crippen molar-refractivity contribution in [1.82, 2.24) is 15.1 Å². The van der Waals surface area contributed by atoms with Gasteiger partial charge in [-0.3, -0.25) is 19.3 Å². The molecule has 2 aliphatic rings. The fourth-order valence-electron chi connectivity index (χ4n) is 3.36. The van der Waals surface area contributed by atoms with Gasteiger partial charge < -0.3 is 5.32 Å². The van der Waals surface area contributed by atoms with Gasteiger partial charge in [-0.1, -0.05) is 38.0 Å². The van der Waals surface area contributed by atoms with E-state index in [2.05, 4.69) is 15.5 Å². The minimum atomic E-state index is -0.253. The molecule has 8 heteroatoms. The molecule has 0 bridgehead atoms. The predicted octanol–water partition coefficient (Wildman–Crippen LogP) is 2.17. The fourth-order valence-corrected chi connectivity index (χ4v) is 4.13. The first-order valence-corrected chi connectivity index (χ1v) is 9.27. The van der Waals surface area contributed by atoms with E-state index >= 15 is 0 Å². The molecule has 1 aliphatic heterocycles. The zero-order valence-electron chi connectivity index (χ0n) is 13.9. The third-order valence-electron chi connectivity index (χ3n) is 4.68. The number of carbonyl (C=O) groups is 3. The van der Waals surface area contributed by atoms with Crippen molar-refractivity contribution in [3.63, 3.8) is 0 Å². The Morgan fingerprint density at radius 2 is 1.83 bits per heavy atom. The van der Waals surface area contributed by atoms with E-state index in [0.717, 1.165) is 30.7 Å². The average Bonchev–Trinajstić information content (AvgIpc) is 3.11. The molecule has 1 saturated carbocycles. The Morgan fingerprint density at radius 1 is 1.21 bits per heavy atom. The lowest BCUT2D eigenvalue weighted by molar-refractivity contribution is -0.140. The third-order valence-corrected chi connectivity index (χ3v) is 5.82. The molecular formula is C16H22N4O3S. The van der Waals surface area contributed by atoms with Crippen LogP contribution in [0.2, 0.25) is 0 Å². The van der Waals surface area contributed by atoms with E-state index in [1.165, 1.54) is 16.2 Å². The van der Waals surface area contributed by atoms with E-state index in [9.17, 15) is 14.4 Å². The Labute approximate surface area is 144 Å². The zero-order valence-corrected chi connectivity index (χ0v) is 14.8. The monoisotopic (exact) mass is 350 g/mol. The van der Waals surface area contributed by atoms with Crippen LogP contribution in [0.3, 0.4) is 0 Å². The summed E-state index contributed by atoms with van der Waals surface area (Å²) in [7, 11) is 0. The quantitative estimate of drug-likeness (QED) is 0.822. The highest BCUT2D eigenvalue weighted by atomic mass is 32.1. The van der Waals surface area contributed by atoms with Crippen molar-refractivity contribution in [2.24, 2.45) is 11.8 Å². The van der Waals surface area contributed by atoms with Crippen molar-refractivity contribution in [3.8, 4) is 0 Å². The van der Waals surface area contributed by atoms with Gasteiger partial charge in [-0.2, -0.15) is 0 Å². The molecular weight excluding hydrogens is 328 g/mol. The summed E-state index contributed by atoms with van der Waals surface area (Å²) < 4.78 is 0. The molecule has 0 radical (unpaired) electrons. The van der Waals surface area contributed by atoms with Crippen LogP contribution < -0.4 is 5.32 Å². The van der Waals surface area contributed by atoms with Crippen LogP contribution in [0.5, 0.6) is 0 Å². The Hall–Kier alpha value is -1.83. The number of nitrogens with one attached hydrogen (secondary N) is 1. The summed E-state index contributed by atoms with van der Waals surface area (Å²) in [6.07, 6.45) is 3.68. The number of hydrogen-bond donors (Lipinski definition) is 1. The maximum absolute atomic E-state index is 12.4. The normalized spacial score (nSPS) is 23.7. The molecule has 1 N–H and O–H groups in total. The van der Waals surface area contributed by atoms with Gasteiger partial charge in [-0.25, -0.2) is 0 Å². The Bertz CT molecular complexity index is 634. The number of likely N-dealkylation sites (tertiary alicyclic amines) is 1. The third kappa shape index (κ3) is 3.33. The lowest BCUT2D eigenvalue weighted by atomic mass is 9.81. The summed E-state index contributed by atoms with van der Waals surface area (Å²) in [5.74, 6) is -0.517. The van der Waals surface area contributed by atoms with Crippen LogP contribution in [0.1, 0.15) is 56.9 Å². The van der Waals surface area contributed by atoms with Gasteiger partial charge in [0.2, 0.25) is 22.9 Å². The SMILES string of the molecule is CC(C)c1nnc(NC(=O)CCN2C(=O)[C@@H]3CCCC[C@H]3C2=O)s1. The molecule has 1 aromatic rings. The topological polar surface area (TPSA) is 92.3 Å². The van der Waals surface area contributed by atoms with Crippen molar-refractivity contribution in [2.45, 2.75) is 51.9 Å². The minimum Gasteiger partial charge on any atom is -0.300 e. The molecule has 2 atom stereocenters. The maximum Gasteiger partial charge on any atom is 0.233 e. The van der Waals surface area contributed by atoms with Gasteiger partial charge in [0.1, 0.15) is 5.01 Å². The summed E-state index contributed by atoms with van der Waals surface area (Å²) in [4.78, 5) is 38.0. The maximum atomic E-state index is 12.4. The Morgan fingerprint density at radius 3 is 2.38 bits per heavy atom. The second-order valence-electron chi connectivity index (χ2n) is 6.72. The summed E-state index contributed by atoms with van der Waals surface area (Å²) in [5.41, 5.74) is 0. The van der Waals surface area contributed by atoms with Crippen molar-refractivity contribution in [2.75, 3.05) is 11.9 Å². The highest BCUT2D eigenvalue weighted by Gasteiger charge is 2.47. The standard InChI is InChI=1S/C16H22N4O3S/c1-9(2)13-18-19-16(24-13)17-12(21)7-8-20-14(22)10-5-3-4-6-11(10)15(20)23/h9-11H,3-8H2,1-2H3,(H,17,19,21)/t10-,11-/m1/s1. The van der Waals surface area contributed by atoms with Gasteiger partial charge in [0.25, 0.3) is 0 Å². The fraction of sp³-hybridized carbons (Fsp3) is 0.688. The second-order valence-corrected chi connectivity index (χ2v) is 7.73. The predicted molar refractivity (Wildman–Crippen MR) is 89.4 cm³/mol. The van der Waals surface area contributed by atoms with Crippen molar-refractivity contribution >= 4 is 34.2 Å². The first-order chi connectivity index (χ1) is 11.5. The smallest absolute Gasteiger partial charge is 0.233 e. The highest BCUT2D eigenvalue weighted by Crippen LogP contribution is 2.38. The van der Waals surface area contributed by atoms with Gasteiger partial charge in [-0.05, 0) is 12.8 Å². The van der Waals surface area contributed by atoms with Crippen LogP contribution in [-0.4, -0.2) is 39.4 Å². The Kier molecular flexibility index (Phi) is 4.93.